The lowest BCUT2D eigenvalue weighted by Gasteiger charge is -2.16. The van der Waals surface area contributed by atoms with Crippen molar-refractivity contribution in [2.45, 2.75) is 24.3 Å². The summed E-state index contributed by atoms with van der Waals surface area (Å²) in [6.07, 6.45) is 0.417. The largest absolute Gasteiger partial charge is 0.493 e. The fourth-order valence-electron chi connectivity index (χ4n) is 3.07. The van der Waals surface area contributed by atoms with Crippen molar-refractivity contribution in [2.75, 3.05) is 14.2 Å². The third-order valence-corrected chi connectivity index (χ3v) is 6.54. The van der Waals surface area contributed by atoms with Crippen LogP contribution in [0, 0.1) is 0 Å². The van der Waals surface area contributed by atoms with Gasteiger partial charge < -0.3 is 13.9 Å². The zero-order chi connectivity index (χ0) is 21.3. The summed E-state index contributed by atoms with van der Waals surface area (Å²) in [6, 6.07) is 7.61. The maximum Gasteiger partial charge on any atom is 0.419 e. The van der Waals surface area contributed by atoms with Crippen LogP contribution < -0.4 is 20.0 Å². The molecule has 1 heterocycles. The number of halogens is 1. The molecule has 1 unspecified atom stereocenters. The molecule has 0 radical (unpaired) electrons. The minimum atomic E-state index is -3.94. The van der Waals surface area contributed by atoms with Gasteiger partial charge in [0, 0.05) is 19.2 Å². The number of rotatable bonds is 7. The molecule has 0 fully saturated rings. The highest BCUT2D eigenvalue weighted by atomic mass is 35.5. The van der Waals surface area contributed by atoms with Gasteiger partial charge in [-0.15, -0.1) is 0 Å². The lowest BCUT2D eigenvalue weighted by Crippen LogP contribution is -2.34. The van der Waals surface area contributed by atoms with Crippen LogP contribution in [0.15, 0.2) is 44.4 Å². The summed E-state index contributed by atoms with van der Waals surface area (Å²) < 4.78 is 45.1. The molecular formula is C19H21ClN2O6S. The maximum absolute atomic E-state index is 12.8. The van der Waals surface area contributed by atoms with Crippen LogP contribution in [0.25, 0.3) is 11.1 Å². The van der Waals surface area contributed by atoms with E-state index in [9.17, 15) is 13.2 Å². The van der Waals surface area contributed by atoms with E-state index in [4.69, 9.17) is 25.5 Å². The van der Waals surface area contributed by atoms with Crippen LogP contribution >= 0.6 is 11.6 Å². The van der Waals surface area contributed by atoms with Gasteiger partial charge in [0.05, 0.1) is 24.8 Å². The Balaban J connectivity index is 1.84. The van der Waals surface area contributed by atoms with Gasteiger partial charge in [-0.2, -0.15) is 0 Å². The van der Waals surface area contributed by atoms with Gasteiger partial charge in [-0.05, 0) is 37.1 Å². The van der Waals surface area contributed by atoms with E-state index in [2.05, 4.69) is 4.72 Å². The van der Waals surface area contributed by atoms with E-state index in [1.54, 1.807) is 26.2 Å². The molecule has 156 valence electrons. The molecule has 0 saturated heterocycles. The van der Waals surface area contributed by atoms with Gasteiger partial charge in [-0.3, -0.25) is 4.57 Å². The Morgan fingerprint density at radius 2 is 1.86 bits per heavy atom. The van der Waals surface area contributed by atoms with E-state index in [-0.39, 0.29) is 15.5 Å². The first kappa shape index (κ1) is 21.2. The quantitative estimate of drug-likeness (QED) is 0.606. The van der Waals surface area contributed by atoms with Crippen molar-refractivity contribution in [3.63, 3.8) is 0 Å². The minimum Gasteiger partial charge on any atom is -0.493 e. The second-order valence-corrected chi connectivity index (χ2v) is 8.68. The van der Waals surface area contributed by atoms with Crippen LogP contribution in [-0.2, 0) is 23.5 Å². The molecule has 0 aliphatic heterocycles. The highest BCUT2D eigenvalue weighted by molar-refractivity contribution is 7.89. The van der Waals surface area contributed by atoms with Crippen molar-refractivity contribution >= 4 is 32.7 Å². The molecule has 0 amide bonds. The van der Waals surface area contributed by atoms with E-state index < -0.39 is 21.8 Å². The van der Waals surface area contributed by atoms with Gasteiger partial charge in [0.25, 0.3) is 0 Å². The minimum absolute atomic E-state index is 0.000262. The molecule has 8 nitrogen and oxygen atoms in total. The van der Waals surface area contributed by atoms with Crippen LogP contribution in [0.2, 0.25) is 5.02 Å². The number of aromatic nitrogens is 1. The van der Waals surface area contributed by atoms with Crippen LogP contribution in [-0.4, -0.2) is 33.2 Å². The van der Waals surface area contributed by atoms with Crippen molar-refractivity contribution in [2.24, 2.45) is 7.05 Å². The second-order valence-electron chi connectivity index (χ2n) is 6.59. The summed E-state index contributed by atoms with van der Waals surface area (Å²) in [5.41, 5.74) is 1.43. The first-order valence-corrected chi connectivity index (χ1v) is 10.5. The Morgan fingerprint density at radius 3 is 2.52 bits per heavy atom. The van der Waals surface area contributed by atoms with Gasteiger partial charge >= 0.3 is 5.76 Å². The lowest BCUT2D eigenvalue weighted by atomic mass is 10.1. The Kier molecular flexibility index (Phi) is 5.92. The van der Waals surface area contributed by atoms with Crippen molar-refractivity contribution in [1.82, 2.24) is 9.29 Å². The first-order chi connectivity index (χ1) is 13.7. The smallest absolute Gasteiger partial charge is 0.419 e. The average molecular weight is 441 g/mol. The highest BCUT2D eigenvalue weighted by Crippen LogP contribution is 2.29. The number of sulfonamides is 1. The molecule has 0 spiro atoms. The topological polar surface area (TPSA) is 99.8 Å². The number of ether oxygens (including phenoxy) is 2. The Hall–Kier alpha value is -2.49. The number of hydrogen-bond donors (Lipinski definition) is 1. The molecular weight excluding hydrogens is 420 g/mol. The number of nitrogens with zero attached hydrogens (tertiary/aromatic N) is 1. The monoisotopic (exact) mass is 440 g/mol. The maximum atomic E-state index is 12.8. The van der Waals surface area contributed by atoms with Gasteiger partial charge in [-0.25, -0.2) is 17.9 Å². The van der Waals surface area contributed by atoms with Crippen LogP contribution in [0.4, 0.5) is 0 Å². The molecule has 3 aromatic rings. The zero-order valence-corrected chi connectivity index (χ0v) is 17.9. The molecule has 0 aliphatic rings. The van der Waals surface area contributed by atoms with Gasteiger partial charge in [-0.1, -0.05) is 17.7 Å². The van der Waals surface area contributed by atoms with Crippen LogP contribution in [0.1, 0.15) is 12.5 Å². The summed E-state index contributed by atoms with van der Waals surface area (Å²) in [5.74, 6) is 0.557. The molecule has 1 aromatic heterocycles. The Bertz CT molecular complexity index is 1220. The molecule has 10 heteroatoms. The SMILES string of the molecule is COc1ccc(CC(C)NS(=O)(=O)c2cc3oc(=O)n(C)c3cc2Cl)cc1OC. The van der Waals surface area contributed by atoms with Crippen LogP contribution in [0.5, 0.6) is 11.5 Å². The molecule has 3 rings (SSSR count). The predicted octanol–water partition coefficient (Wildman–Crippen LogP) is 2.71. The van der Waals surface area contributed by atoms with E-state index >= 15 is 0 Å². The summed E-state index contributed by atoms with van der Waals surface area (Å²) in [4.78, 5) is 11.5. The number of fused-ring (bicyclic) bond motifs is 1. The van der Waals surface area contributed by atoms with Gasteiger partial charge in [0.2, 0.25) is 10.0 Å². The van der Waals surface area contributed by atoms with Crippen molar-refractivity contribution in [1.29, 1.82) is 0 Å². The fraction of sp³-hybridized carbons (Fsp3) is 0.316. The number of nitrogens with one attached hydrogen (secondary N) is 1. The van der Waals surface area contributed by atoms with E-state index in [0.717, 1.165) is 5.56 Å². The lowest BCUT2D eigenvalue weighted by molar-refractivity contribution is 0.354. The first-order valence-electron chi connectivity index (χ1n) is 8.68. The average Bonchev–Trinajstić information content (AvgIpc) is 2.94. The fourth-order valence-corrected chi connectivity index (χ4v) is 4.85. The summed E-state index contributed by atoms with van der Waals surface area (Å²) >= 11 is 6.18. The third-order valence-electron chi connectivity index (χ3n) is 4.48. The van der Waals surface area contributed by atoms with Crippen molar-refractivity contribution in [3.8, 4) is 11.5 Å². The molecule has 0 saturated carbocycles. The van der Waals surface area contributed by atoms with Crippen molar-refractivity contribution < 1.29 is 22.3 Å². The number of methoxy groups -OCH3 is 2. The molecule has 29 heavy (non-hydrogen) atoms. The molecule has 0 aliphatic carbocycles. The number of hydrogen-bond acceptors (Lipinski definition) is 6. The van der Waals surface area contributed by atoms with E-state index in [1.165, 1.54) is 30.9 Å². The third kappa shape index (κ3) is 4.26. The van der Waals surface area contributed by atoms with Crippen LogP contribution in [0.3, 0.4) is 0 Å². The summed E-state index contributed by atoms with van der Waals surface area (Å²) in [6.45, 7) is 1.74. The number of benzene rings is 2. The van der Waals surface area contributed by atoms with E-state index in [0.29, 0.717) is 23.4 Å². The summed E-state index contributed by atoms with van der Waals surface area (Å²) in [7, 11) is 0.654. The van der Waals surface area contributed by atoms with Gasteiger partial charge in [0.1, 0.15) is 4.90 Å². The normalized spacial score (nSPS) is 12.9. The van der Waals surface area contributed by atoms with E-state index in [1.807, 2.05) is 6.07 Å². The van der Waals surface area contributed by atoms with Crippen molar-refractivity contribution in [3.05, 3.63) is 51.5 Å². The zero-order valence-electron chi connectivity index (χ0n) is 16.4. The number of aryl methyl sites for hydroxylation is 1. The van der Waals surface area contributed by atoms with Gasteiger partial charge in [0.15, 0.2) is 17.1 Å². The molecule has 1 atom stereocenters. The number of oxazole rings is 1. The second kappa shape index (κ2) is 8.10. The Labute approximate surface area is 173 Å². The Morgan fingerprint density at radius 1 is 1.17 bits per heavy atom. The highest BCUT2D eigenvalue weighted by Gasteiger charge is 2.23. The predicted molar refractivity (Wildman–Crippen MR) is 109 cm³/mol. The summed E-state index contributed by atoms with van der Waals surface area (Å²) in [5, 5.41) is -0.000262. The molecule has 1 N–H and O–H groups in total. The molecule has 2 aromatic carbocycles. The standard InChI is InChI=1S/C19H21ClN2O6S/c1-11(7-12-5-6-15(26-3)17(8-12)27-4)21-29(24,25)18-10-16-14(9-13(18)20)22(2)19(23)28-16/h5-6,8-11,21H,7H2,1-4H3. The molecule has 0 bridgehead atoms.